The second-order valence-electron chi connectivity index (χ2n) is 0.385. The number of hydrogen-bond donors (Lipinski definition) is 1. The van der Waals surface area contributed by atoms with E-state index < -0.39 is 0 Å². The molecule has 0 rings (SSSR count). The van der Waals surface area contributed by atoms with Crippen LogP contribution in [0.15, 0.2) is 12.7 Å². The fraction of sp³-hybridized carbons (Fsp3) is 0. The average Bonchev–Trinajstić information content (AvgIpc) is 1.37. The van der Waals surface area contributed by atoms with Gasteiger partial charge in [0.25, 0.3) is 0 Å². The predicted octanol–water partition coefficient (Wildman–Crippen LogP) is -2.29. The monoisotopic (exact) mass is 64.1 g/mol. The zero-order chi connectivity index (χ0) is 3.41. The topological polar surface area (TPSA) is 20.2 Å². The SMILES string of the molecule is C=C[CH-]O.[Li+]. The maximum atomic E-state index is 7.63. The van der Waals surface area contributed by atoms with E-state index in [-0.39, 0.29) is 18.9 Å². The van der Waals surface area contributed by atoms with E-state index in [0.29, 0.717) is 0 Å². The quantitative estimate of drug-likeness (QED) is 0.269. The van der Waals surface area contributed by atoms with Crippen molar-refractivity contribution < 1.29 is 24.0 Å². The Morgan fingerprint density at radius 3 is 2.00 bits per heavy atom. The van der Waals surface area contributed by atoms with Gasteiger partial charge >= 0.3 is 18.9 Å². The third-order valence-electron chi connectivity index (χ3n) is 0.105. The van der Waals surface area contributed by atoms with Crippen LogP contribution < -0.4 is 18.9 Å². The molecule has 0 bridgehead atoms. The fourth-order valence-electron chi connectivity index (χ4n) is 0. The van der Waals surface area contributed by atoms with Gasteiger partial charge in [-0.05, 0) is 0 Å². The van der Waals surface area contributed by atoms with Crippen LogP contribution in [0.1, 0.15) is 0 Å². The van der Waals surface area contributed by atoms with Crippen LogP contribution in [0.3, 0.4) is 0 Å². The molecule has 0 fully saturated rings. The van der Waals surface area contributed by atoms with Crippen molar-refractivity contribution in [2.75, 3.05) is 0 Å². The van der Waals surface area contributed by atoms with Crippen molar-refractivity contribution >= 4 is 0 Å². The summed E-state index contributed by atoms with van der Waals surface area (Å²) < 4.78 is 0. The molecule has 2 heteroatoms. The van der Waals surface area contributed by atoms with Gasteiger partial charge in [0.1, 0.15) is 0 Å². The molecule has 1 nitrogen and oxygen atoms in total. The van der Waals surface area contributed by atoms with Crippen LogP contribution >= 0.6 is 0 Å². The van der Waals surface area contributed by atoms with Crippen molar-refractivity contribution in [2.45, 2.75) is 0 Å². The van der Waals surface area contributed by atoms with Gasteiger partial charge in [0, 0.05) is 0 Å². The van der Waals surface area contributed by atoms with Crippen molar-refractivity contribution in [3.63, 3.8) is 0 Å². The Morgan fingerprint density at radius 1 is 1.80 bits per heavy atom. The van der Waals surface area contributed by atoms with Gasteiger partial charge in [0.15, 0.2) is 0 Å². The molecule has 0 unspecified atom stereocenters. The average molecular weight is 64.0 g/mol. The molecule has 0 aromatic rings. The molecule has 0 aliphatic rings. The second kappa shape index (κ2) is 8.90. The Balaban J connectivity index is 0. The number of hydrogen-bond acceptors (Lipinski definition) is 1. The van der Waals surface area contributed by atoms with E-state index in [1.807, 2.05) is 0 Å². The maximum absolute atomic E-state index is 7.63. The summed E-state index contributed by atoms with van der Waals surface area (Å²) in [5.41, 5.74) is 0. The van der Waals surface area contributed by atoms with E-state index in [9.17, 15) is 0 Å². The first-order chi connectivity index (χ1) is 1.91. The zero-order valence-electron chi connectivity index (χ0n) is 3.31. The Morgan fingerprint density at radius 2 is 2.00 bits per heavy atom. The number of aliphatic hydroxyl groups is 1. The van der Waals surface area contributed by atoms with Gasteiger partial charge in [-0.3, -0.25) is 0 Å². The Labute approximate surface area is 43.9 Å². The molecule has 1 N–H and O–H groups in total. The van der Waals surface area contributed by atoms with Crippen LogP contribution in [0.4, 0.5) is 0 Å². The van der Waals surface area contributed by atoms with E-state index in [1.165, 1.54) is 6.08 Å². The molecule has 5 heavy (non-hydrogen) atoms. The first kappa shape index (κ1) is 8.95. The van der Waals surface area contributed by atoms with Gasteiger partial charge in [-0.2, -0.15) is 0 Å². The van der Waals surface area contributed by atoms with E-state index >= 15 is 0 Å². The normalized spacial score (nSPS) is 4.20. The Kier molecular flexibility index (Phi) is 15.9. The molecular weight excluding hydrogens is 59.0 g/mol. The maximum Gasteiger partial charge on any atom is 1.00 e. The third-order valence-corrected chi connectivity index (χ3v) is 0.105. The van der Waals surface area contributed by atoms with Crippen LogP contribution in [0.5, 0.6) is 0 Å². The standard InChI is InChI=1S/C3H5O.Li/c1-2-3-4;/h2-4H,1H2;/q-1;+1. The second-order valence-corrected chi connectivity index (χ2v) is 0.385. The first-order valence-electron chi connectivity index (χ1n) is 1.000. The summed E-state index contributed by atoms with van der Waals surface area (Å²) in [6.45, 7) is 4.06. The number of aliphatic hydroxyl groups excluding tert-OH is 1. The summed E-state index contributed by atoms with van der Waals surface area (Å²) in [6, 6.07) is 0. The van der Waals surface area contributed by atoms with Gasteiger partial charge in [-0.15, -0.1) is 6.61 Å². The fourth-order valence-corrected chi connectivity index (χ4v) is 0. The molecule has 0 radical (unpaired) electrons. The van der Waals surface area contributed by atoms with Gasteiger partial charge in [0.2, 0.25) is 0 Å². The molecule has 0 heterocycles. The molecule has 0 aliphatic carbocycles. The first-order valence-corrected chi connectivity index (χ1v) is 1.000. The van der Waals surface area contributed by atoms with E-state index in [1.54, 1.807) is 0 Å². The molecule has 0 aliphatic heterocycles. The van der Waals surface area contributed by atoms with Gasteiger partial charge < -0.3 is 5.11 Å². The van der Waals surface area contributed by atoms with E-state index in [2.05, 4.69) is 6.58 Å². The molecule has 0 saturated carbocycles. The summed E-state index contributed by atoms with van der Waals surface area (Å²) in [6.07, 6.45) is 1.31. The largest absolute Gasteiger partial charge is 1.00 e. The summed E-state index contributed by atoms with van der Waals surface area (Å²) in [7, 11) is 0. The van der Waals surface area contributed by atoms with Crippen molar-refractivity contribution in [3.05, 3.63) is 19.3 Å². The molecular formula is C3H5LiO. The van der Waals surface area contributed by atoms with Crippen LogP contribution in [-0.2, 0) is 0 Å². The predicted molar refractivity (Wildman–Crippen MR) is 16.4 cm³/mol. The smallest absolute Gasteiger partial charge is 0.458 e. The summed E-state index contributed by atoms with van der Waals surface area (Å²) >= 11 is 0. The third kappa shape index (κ3) is 14.4. The summed E-state index contributed by atoms with van der Waals surface area (Å²) in [5.74, 6) is 0. The van der Waals surface area contributed by atoms with Gasteiger partial charge in [0.05, 0.1) is 0 Å². The summed E-state index contributed by atoms with van der Waals surface area (Å²) in [5, 5.41) is 7.63. The van der Waals surface area contributed by atoms with Gasteiger partial charge in [-0.1, -0.05) is 0 Å². The van der Waals surface area contributed by atoms with Crippen LogP contribution in [-0.4, -0.2) is 5.11 Å². The Hall–Kier alpha value is 0.167. The van der Waals surface area contributed by atoms with Crippen LogP contribution in [0, 0.1) is 6.61 Å². The van der Waals surface area contributed by atoms with Crippen LogP contribution in [0.25, 0.3) is 0 Å². The minimum absolute atomic E-state index is 0. The van der Waals surface area contributed by atoms with Crippen molar-refractivity contribution in [3.8, 4) is 0 Å². The molecule has 0 amide bonds. The Bertz CT molecular complexity index is 20.9. The molecule has 24 valence electrons. The summed E-state index contributed by atoms with van der Waals surface area (Å²) in [4.78, 5) is 0. The molecule has 0 aromatic heterocycles. The molecule has 0 spiro atoms. The minimum Gasteiger partial charge on any atom is -0.458 e. The van der Waals surface area contributed by atoms with Crippen LogP contribution in [0.2, 0.25) is 0 Å². The van der Waals surface area contributed by atoms with Crippen molar-refractivity contribution in [2.24, 2.45) is 0 Å². The van der Waals surface area contributed by atoms with Gasteiger partial charge in [-0.25, -0.2) is 12.7 Å². The van der Waals surface area contributed by atoms with E-state index in [0.717, 1.165) is 6.61 Å². The molecule has 0 saturated heterocycles. The van der Waals surface area contributed by atoms with Crippen molar-refractivity contribution in [1.29, 1.82) is 0 Å². The minimum atomic E-state index is 0. The molecule has 0 atom stereocenters. The zero-order valence-corrected chi connectivity index (χ0v) is 3.31. The molecule has 0 aromatic carbocycles. The van der Waals surface area contributed by atoms with Crippen molar-refractivity contribution in [1.82, 2.24) is 0 Å². The van der Waals surface area contributed by atoms with E-state index in [4.69, 9.17) is 5.11 Å². The number of rotatable bonds is 1.